The lowest BCUT2D eigenvalue weighted by Crippen LogP contribution is -2.47. The molecular weight excluding hydrogens is 410 g/mol. The van der Waals surface area contributed by atoms with Crippen LogP contribution in [-0.2, 0) is 10.4 Å². The third-order valence-electron chi connectivity index (χ3n) is 7.13. The summed E-state index contributed by atoms with van der Waals surface area (Å²) < 4.78 is 5.73. The molecule has 4 rings (SSSR count). The molecule has 2 aliphatic rings. The summed E-state index contributed by atoms with van der Waals surface area (Å²) >= 11 is 0. The Morgan fingerprint density at radius 1 is 1.16 bits per heavy atom. The lowest BCUT2D eigenvalue weighted by atomic mass is 9.66. The molecule has 0 unspecified atom stereocenters. The molecule has 2 bridgehead atoms. The van der Waals surface area contributed by atoms with Crippen LogP contribution in [0.4, 0.5) is 0 Å². The van der Waals surface area contributed by atoms with Crippen LogP contribution >= 0.6 is 12.4 Å². The predicted octanol–water partition coefficient (Wildman–Crippen LogP) is 5.00. The number of halogens is 1. The van der Waals surface area contributed by atoms with Crippen molar-refractivity contribution in [2.45, 2.75) is 44.1 Å². The highest BCUT2D eigenvalue weighted by Gasteiger charge is 2.51. The zero-order chi connectivity index (χ0) is 21.3. The van der Waals surface area contributed by atoms with E-state index in [0.717, 1.165) is 24.1 Å². The van der Waals surface area contributed by atoms with Crippen molar-refractivity contribution in [1.82, 2.24) is 4.90 Å². The third-order valence-corrected chi connectivity index (χ3v) is 7.13. The van der Waals surface area contributed by atoms with Crippen LogP contribution in [0.2, 0.25) is 0 Å². The summed E-state index contributed by atoms with van der Waals surface area (Å²) in [4.78, 5) is 14.9. The van der Waals surface area contributed by atoms with Crippen LogP contribution < -0.4 is 4.74 Å². The van der Waals surface area contributed by atoms with Gasteiger partial charge in [-0.1, -0.05) is 48.9 Å². The fraction of sp³-hybridized carbons (Fsp3) is 0.500. The van der Waals surface area contributed by atoms with Crippen LogP contribution in [0, 0.1) is 17.8 Å². The largest absolute Gasteiger partial charge is 0.426 e. The van der Waals surface area contributed by atoms with Gasteiger partial charge in [0.1, 0.15) is 5.75 Å². The number of carbonyl (C=O) groups is 1. The summed E-state index contributed by atoms with van der Waals surface area (Å²) in [5.74, 6) is 1.22. The Hall–Kier alpha value is -1.88. The highest BCUT2D eigenvalue weighted by molar-refractivity contribution is 5.85. The lowest BCUT2D eigenvalue weighted by molar-refractivity contribution is -0.135. The van der Waals surface area contributed by atoms with Gasteiger partial charge in [0.05, 0.1) is 11.5 Å². The fourth-order valence-electron chi connectivity index (χ4n) is 5.58. The number of ether oxygens (including phenoxy) is 1. The number of esters is 1. The Kier molecular flexibility index (Phi) is 7.46. The maximum atomic E-state index is 12.7. The van der Waals surface area contributed by atoms with Crippen LogP contribution in [-0.4, -0.2) is 36.6 Å². The minimum atomic E-state index is -0.873. The molecule has 168 valence electrons. The molecule has 2 fully saturated rings. The number of hydrogen-bond acceptors (Lipinski definition) is 4. The summed E-state index contributed by atoms with van der Waals surface area (Å²) in [5.41, 5.74) is 0.942. The zero-order valence-electron chi connectivity index (χ0n) is 18.7. The summed E-state index contributed by atoms with van der Waals surface area (Å²) in [5, 5.41) is 11.9. The summed E-state index contributed by atoms with van der Waals surface area (Å²) in [6, 6.07) is 17.2. The van der Waals surface area contributed by atoms with Crippen LogP contribution in [0.15, 0.2) is 54.6 Å². The molecule has 0 radical (unpaired) electrons. The molecule has 31 heavy (non-hydrogen) atoms. The minimum absolute atomic E-state index is 0. The summed E-state index contributed by atoms with van der Waals surface area (Å²) in [7, 11) is 4.15. The van der Waals surface area contributed by atoms with Gasteiger partial charge in [-0.2, -0.15) is 0 Å². The van der Waals surface area contributed by atoms with E-state index in [9.17, 15) is 9.90 Å². The van der Waals surface area contributed by atoms with E-state index in [1.165, 1.54) is 19.3 Å². The smallest absolute Gasteiger partial charge is 0.318 e. The Bertz CT molecular complexity index is 887. The maximum Gasteiger partial charge on any atom is 0.318 e. The average molecular weight is 444 g/mol. The molecule has 0 amide bonds. The second kappa shape index (κ2) is 9.72. The SMILES string of the molecule is C[C@H](C(=O)Oc1cccc([C@]2(O)C[C@@H]3CC[C@@H](C3)[C@H]2CN(C)C)c1)c1ccccc1.Cl. The molecule has 2 aliphatic carbocycles. The number of aliphatic hydroxyl groups is 1. The van der Waals surface area contributed by atoms with Crippen molar-refractivity contribution in [3.05, 3.63) is 65.7 Å². The molecule has 2 saturated carbocycles. The average Bonchev–Trinajstić information content (AvgIpc) is 3.14. The summed E-state index contributed by atoms with van der Waals surface area (Å²) in [6.07, 6.45) is 4.43. The van der Waals surface area contributed by atoms with E-state index in [1.54, 1.807) is 6.07 Å². The second-order valence-electron chi connectivity index (χ2n) is 9.52. The minimum Gasteiger partial charge on any atom is -0.426 e. The molecule has 0 aliphatic heterocycles. The maximum absolute atomic E-state index is 12.7. The van der Waals surface area contributed by atoms with Crippen LogP contribution in [0.3, 0.4) is 0 Å². The summed E-state index contributed by atoms with van der Waals surface area (Å²) in [6.45, 7) is 2.73. The van der Waals surface area contributed by atoms with Crippen molar-refractivity contribution >= 4 is 18.4 Å². The highest BCUT2D eigenvalue weighted by atomic mass is 35.5. The first kappa shape index (κ1) is 23.8. The molecule has 0 heterocycles. The molecule has 4 nitrogen and oxygen atoms in total. The quantitative estimate of drug-likeness (QED) is 0.504. The molecule has 5 heteroatoms. The first-order valence-corrected chi connectivity index (χ1v) is 11.1. The third kappa shape index (κ3) is 4.97. The number of hydrogen-bond donors (Lipinski definition) is 1. The van der Waals surface area contributed by atoms with Crippen molar-refractivity contribution < 1.29 is 14.6 Å². The van der Waals surface area contributed by atoms with Gasteiger partial charge in [-0.3, -0.25) is 4.79 Å². The van der Waals surface area contributed by atoms with Gasteiger partial charge in [0.25, 0.3) is 0 Å². The standard InChI is InChI=1S/C26H33NO3.ClH/c1-18(20-8-5-4-6-9-20)25(28)30-23-11-7-10-22(15-23)26(29)16-19-12-13-21(14-19)24(26)17-27(2)3;/h4-11,15,18-19,21,24,29H,12-14,16-17H2,1-3H3;1H/t18-,19+,21-,24+,26+;/m0./s1. The van der Waals surface area contributed by atoms with Gasteiger partial charge in [-0.05, 0) is 75.4 Å². The Morgan fingerprint density at radius 2 is 1.90 bits per heavy atom. The van der Waals surface area contributed by atoms with E-state index >= 15 is 0 Å². The van der Waals surface area contributed by atoms with E-state index in [0.29, 0.717) is 17.6 Å². The van der Waals surface area contributed by atoms with Crippen molar-refractivity contribution in [2.24, 2.45) is 17.8 Å². The van der Waals surface area contributed by atoms with Gasteiger partial charge in [0, 0.05) is 12.5 Å². The topological polar surface area (TPSA) is 49.8 Å². The number of fused-ring (bicyclic) bond motifs is 2. The molecule has 2 aromatic rings. The molecule has 0 aromatic heterocycles. The highest BCUT2D eigenvalue weighted by Crippen LogP contribution is 2.54. The number of benzene rings is 2. The number of nitrogens with zero attached hydrogens (tertiary/aromatic N) is 1. The first-order chi connectivity index (χ1) is 14.4. The van der Waals surface area contributed by atoms with E-state index in [-0.39, 0.29) is 30.2 Å². The van der Waals surface area contributed by atoms with Gasteiger partial charge >= 0.3 is 5.97 Å². The molecular formula is C26H34ClNO3. The van der Waals surface area contributed by atoms with Crippen molar-refractivity contribution in [1.29, 1.82) is 0 Å². The molecule has 1 N–H and O–H groups in total. The van der Waals surface area contributed by atoms with Gasteiger partial charge in [0.15, 0.2) is 0 Å². The molecule has 0 spiro atoms. The van der Waals surface area contributed by atoms with Gasteiger partial charge < -0.3 is 14.7 Å². The normalized spacial score (nSPS) is 28.1. The number of carbonyl (C=O) groups excluding carboxylic acids is 1. The first-order valence-electron chi connectivity index (χ1n) is 11.1. The van der Waals surface area contributed by atoms with E-state index in [4.69, 9.17) is 4.74 Å². The molecule has 2 aromatic carbocycles. The fourth-order valence-corrected chi connectivity index (χ4v) is 5.58. The Morgan fingerprint density at radius 3 is 2.61 bits per heavy atom. The monoisotopic (exact) mass is 443 g/mol. The van der Waals surface area contributed by atoms with E-state index in [1.807, 2.05) is 55.5 Å². The van der Waals surface area contributed by atoms with Crippen molar-refractivity contribution in [2.75, 3.05) is 20.6 Å². The Labute approximate surface area is 192 Å². The van der Waals surface area contributed by atoms with Gasteiger partial charge in [-0.15, -0.1) is 12.4 Å². The van der Waals surface area contributed by atoms with E-state index in [2.05, 4.69) is 19.0 Å². The number of rotatable bonds is 6. The van der Waals surface area contributed by atoms with Crippen molar-refractivity contribution in [3.63, 3.8) is 0 Å². The molecule has 5 atom stereocenters. The van der Waals surface area contributed by atoms with Crippen LogP contribution in [0.5, 0.6) is 5.75 Å². The van der Waals surface area contributed by atoms with E-state index < -0.39 is 5.60 Å². The van der Waals surface area contributed by atoms with Gasteiger partial charge in [0.2, 0.25) is 0 Å². The zero-order valence-corrected chi connectivity index (χ0v) is 19.5. The molecule has 0 saturated heterocycles. The second-order valence-corrected chi connectivity index (χ2v) is 9.52. The Balaban J connectivity index is 0.00000272. The predicted molar refractivity (Wildman–Crippen MR) is 126 cm³/mol. The van der Waals surface area contributed by atoms with Gasteiger partial charge in [-0.25, -0.2) is 0 Å². The lowest BCUT2D eigenvalue weighted by Gasteiger charge is -2.45. The van der Waals surface area contributed by atoms with Crippen molar-refractivity contribution in [3.8, 4) is 5.75 Å². The van der Waals surface area contributed by atoms with Crippen LogP contribution in [0.25, 0.3) is 0 Å². The van der Waals surface area contributed by atoms with Crippen LogP contribution in [0.1, 0.15) is 49.7 Å².